The second-order valence-electron chi connectivity index (χ2n) is 6.61. The Labute approximate surface area is 164 Å². The van der Waals surface area contributed by atoms with Gasteiger partial charge in [-0.15, -0.1) is 10.2 Å². The first-order valence-corrected chi connectivity index (χ1v) is 9.32. The maximum atomic E-state index is 12.7. The normalized spacial score (nSPS) is 11.0. The van der Waals surface area contributed by atoms with Crippen LogP contribution >= 0.6 is 11.6 Å². The van der Waals surface area contributed by atoms with Crippen molar-refractivity contribution in [1.82, 2.24) is 15.1 Å². The standard InChI is InChI=1S/C21H22ClN3O2/c1-15(2)25(14-16-6-4-3-5-7-16)20(26)13-12-19-23-24-21(27-19)17-8-10-18(22)11-9-17/h3-11,15H,12-14H2,1-2H3. The van der Waals surface area contributed by atoms with Crippen molar-refractivity contribution in [3.63, 3.8) is 0 Å². The molecule has 0 aliphatic heterocycles. The highest BCUT2D eigenvalue weighted by atomic mass is 35.5. The number of nitrogens with zero attached hydrogens (tertiary/aromatic N) is 3. The smallest absolute Gasteiger partial charge is 0.247 e. The summed E-state index contributed by atoms with van der Waals surface area (Å²) in [6, 6.07) is 17.3. The van der Waals surface area contributed by atoms with Gasteiger partial charge >= 0.3 is 0 Å². The van der Waals surface area contributed by atoms with E-state index in [2.05, 4.69) is 10.2 Å². The van der Waals surface area contributed by atoms with Crippen LogP contribution in [0.2, 0.25) is 5.02 Å². The van der Waals surface area contributed by atoms with Crippen LogP contribution in [-0.4, -0.2) is 27.0 Å². The number of aryl methyl sites for hydroxylation is 1. The van der Waals surface area contributed by atoms with Gasteiger partial charge in [-0.05, 0) is 43.7 Å². The topological polar surface area (TPSA) is 59.2 Å². The predicted molar refractivity (Wildman–Crippen MR) is 105 cm³/mol. The zero-order valence-corrected chi connectivity index (χ0v) is 16.2. The molecule has 6 heteroatoms. The van der Waals surface area contributed by atoms with Crippen molar-refractivity contribution in [3.8, 4) is 11.5 Å². The zero-order chi connectivity index (χ0) is 19.2. The minimum atomic E-state index is 0.0695. The first-order valence-electron chi connectivity index (χ1n) is 8.94. The fourth-order valence-corrected chi connectivity index (χ4v) is 2.89. The molecule has 0 atom stereocenters. The van der Waals surface area contributed by atoms with E-state index in [0.29, 0.717) is 36.2 Å². The fourth-order valence-electron chi connectivity index (χ4n) is 2.76. The first-order chi connectivity index (χ1) is 13.0. The summed E-state index contributed by atoms with van der Waals surface area (Å²) in [6.07, 6.45) is 0.741. The third-order valence-electron chi connectivity index (χ3n) is 4.25. The second kappa shape index (κ2) is 8.82. The lowest BCUT2D eigenvalue weighted by atomic mass is 10.1. The van der Waals surface area contributed by atoms with Gasteiger partial charge < -0.3 is 9.32 Å². The number of carbonyl (C=O) groups is 1. The highest BCUT2D eigenvalue weighted by Crippen LogP contribution is 2.21. The minimum absolute atomic E-state index is 0.0695. The Morgan fingerprint density at radius 3 is 2.44 bits per heavy atom. The molecule has 3 rings (SSSR count). The maximum Gasteiger partial charge on any atom is 0.247 e. The fraction of sp³-hybridized carbons (Fsp3) is 0.286. The van der Waals surface area contributed by atoms with E-state index in [0.717, 1.165) is 11.1 Å². The van der Waals surface area contributed by atoms with Crippen LogP contribution in [0.5, 0.6) is 0 Å². The summed E-state index contributed by atoms with van der Waals surface area (Å²) in [5, 5.41) is 8.76. The molecule has 5 nitrogen and oxygen atoms in total. The number of hydrogen-bond donors (Lipinski definition) is 0. The van der Waals surface area contributed by atoms with E-state index in [1.54, 1.807) is 12.1 Å². The van der Waals surface area contributed by atoms with Crippen molar-refractivity contribution in [2.24, 2.45) is 0 Å². The molecule has 0 unspecified atom stereocenters. The number of aromatic nitrogens is 2. The third-order valence-corrected chi connectivity index (χ3v) is 4.50. The summed E-state index contributed by atoms with van der Waals surface area (Å²) in [7, 11) is 0. The third kappa shape index (κ3) is 5.17. The number of rotatable bonds is 7. The molecule has 0 aliphatic carbocycles. The molecular weight excluding hydrogens is 362 g/mol. The van der Waals surface area contributed by atoms with Gasteiger partial charge in [0.2, 0.25) is 17.7 Å². The van der Waals surface area contributed by atoms with E-state index < -0.39 is 0 Å². The summed E-state index contributed by atoms with van der Waals surface area (Å²) in [4.78, 5) is 14.6. The Kier molecular flexibility index (Phi) is 6.24. The Morgan fingerprint density at radius 1 is 1.07 bits per heavy atom. The van der Waals surface area contributed by atoms with Crippen molar-refractivity contribution in [1.29, 1.82) is 0 Å². The Morgan fingerprint density at radius 2 is 1.78 bits per heavy atom. The molecule has 0 aliphatic rings. The molecule has 0 saturated heterocycles. The van der Waals surface area contributed by atoms with Crippen molar-refractivity contribution in [2.45, 2.75) is 39.3 Å². The molecule has 0 fully saturated rings. The average molecular weight is 384 g/mol. The molecule has 0 saturated carbocycles. The molecule has 2 aromatic carbocycles. The van der Waals surface area contributed by atoms with Crippen LogP contribution in [0.1, 0.15) is 31.7 Å². The zero-order valence-electron chi connectivity index (χ0n) is 15.4. The monoisotopic (exact) mass is 383 g/mol. The van der Waals surface area contributed by atoms with Crippen LogP contribution in [0.15, 0.2) is 59.0 Å². The van der Waals surface area contributed by atoms with Crippen LogP contribution in [0.3, 0.4) is 0 Å². The molecule has 1 aromatic heterocycles. The molecule has 3 aromatic rings. The summed E-state index contributed by atoms with van der Waals surface area (Å²) in [5.74, 6) is 0.955. The lowest BCUT2D eigenvalue weighted by molar-refractivity contribution is -0.133. The van der Waals surface area contributed by atoms with Crippen LogP contribution in [-0.2, 0) is 17.8 Å². The summed E-state index contributed by atoms with van der Waals surface area (Å²) < 4.78 is 5.68. The number of amides is 1. The predicted octanol–water partition coefficient (Wildman–Crippen LogP) is 4.76. The number of halogens is 1. The molecule has 0 N–H and O–H groups in total. The lowest BCUT2D eigenvalue weighted by Gasteiger charge is -2.27. The molecule has 1 heterocycles. The molecule has 0 bridgehead atoms. The number of carbonyl (C=O) groups excluding carboxylic acids is 1. The SMILES string of the molecule is CC(C)N(Cc1ccccc1)C(=O)CCc1nnc(-c2ccc(Cl)cc2)o1. The van der Waals surface area contributed by atoms with Gasteiger partial charge in [-0.2, -0.15) is 0 Å². The van der Waals surface area contributed by atoms with Gasteiger partial charge in [0.1, 0.15) is 0 Å². The van der Waals surface area contributed by atoms with Crippen LogP contribution < -0.4 is 0 Å². The highest BCUT2D eigenvalue weighted by Gasteiger charge is 2.18. The maximum absolute atomic E-state index is 12.7. The summed E-state index contributed by atoms with van der Waals surface area (Å²) in [5.41, 5.74) is 1.92. The van der Waals surface area contributed by atoms with Crippen molar-refractivity contribution in [2.75, 3.05) is 0 Å². The van der Waals surface area contributed by atoms with E-state index in [4.69, 9.17) is 16.0 Å². The van der Waals surface area contributed by atoms with E-state index in [-0.39, 0.29) is 11.9 Å². The first kappa shape index (κ1) is 19.1. The van der Waals surface area contributed by atoms with Gasteiger partial charge in [0.25, 0.3) is 0 Å². The number of benzene rings is 2. The molecule has 140 valence electrons. The van der Waals surface area contributed by atoms with Gasteiger partial charge in [0.15, 0.2) is 0 Å². The van der Waals surface area contributed by atoms with Gasteiger partial charge in [-0.25, -0.2) is 0 Å². The van der Waals surface area contributed by atoms with Gasteiger partial charge in [0.05, 0.1) is 0 Å². The van der Waals surface area contributed by atoms with Crippen LogP contribution in [0, 0.1) is 0 Å². The van der Waals surface area contributed by atoms with Crippen molar-refractivity contribution in [3.05, 3.63) is 71.1 Å². The molecule has 0 spiro atoms. The summed E-state index contributed by atoms with van der Waals surface area (Å²) in [6.45, 7) is 4.63. The van der Waals surface area contributed by atoms with Gasteiger partial charge in [0, 0.05) is 36.0 Å². The van der Waals surface area contributed by atoms with Crippen molar-refractivity contribution >= 4 is 17.5 Å². The average Bonchev–Trinajstić information content (AvgIpc) is 3.14. The quantitative estimate of drug-likeness (QED) is 0.590. The Bertz CT molecular complexity index is 876. The molecule has 1 amide bonds. The van der Waals surface area contributed by atoms with Gasteiger partial charge in [-0.1, -0.05) is 41.9 Å². The number of hydrogen-bond acceptors (Lipinski definition) is 4. The van der Waals surface area contributed by atoms with Crippen LogP contribution in [0.4, 0.5) is 0 Å². The Balaban J connectivity index is 1.61. The highest BCUT2D eigenvalue weighted by molar-refractivity contribution is 6.30. The minimum Gasteiger partial charge on any atom is -0.421 e. The Hall–Kier alpha value is -2.66. The summed E-state index contributed by atoms with van der Waals surface area (Å²) >= 11 is 5.89. The lowest BCUT2D eigenvalue weighted by Crippen LogP contribution is -2.36. The van der Waals surface area contributed by atoms with E-state index in [1.165, 1.54) is 0 Å². The van der Waals surface area contributed by atoms with E-state index >= 15 is 0 Å². The van der Waals surface area contributed by atoms with E-state index in [1.807, 2.05) is 61.2 Å². The van der Waals surface area contributed by atoms with Gasteiger partial charge in [-0.3, -0.25) is 4.79 Å². The van der Waals surface area contributed by atoms with Crippen molar-refractivity contribution < 1.29 is 9.21 Å². The molecule has 0 radical (unpaired) electrons. The van der Waals surface area contributed by atoms with Crippen LogP contribution in [0.25, 0.3) is 11.5 Å². The largest absolute Gasteiger partial charge is 0.421 e. The van der Waals surface area contributed by atoms with E-state index in [9.17, 15) is 4.79 Å². The second-order valence-corrected chi connectivity index (χ2v) is 7.05. The molecular formula is C21H22ClN3O2. The molecule has 27 heavy (non-hydrogen) atoms.